The van der Waals surface area contributed by atoms with Gasteiger partial charge >= 0.3 is 0 Å². The second-order valence-corrected chi connectivity index (χ2v) is 8.50. The van der Waals surface area contributed by atoms with E-state index in [-0.39, 0.29) is 30.3 Å². The van der Waals surface area contributed by atoms with Crippen LogP contribution in [0.3, 0.4) is 0 Å². The van der Waals surface area contributed by atoms with Crippen LogP contribution >= 0.6 is 0 Å². The molecule has 0 bridgehead atoms. The van der Waals surface area contributed by atoms with Crippen LogP contribution in [0.5, 0.6) is 0 Å². The fourth-order valence-corrected chi connectivity index (χ4v) is 5.35. The Balaban J connectivity index is 1.35. The summed E-state index contributed by atoms with van der Waals surface area (Å²) in [5, 5.41) is 20.1. The third-order valence-electron chi connectivity index (χ3n) is 6.87. The third-order valence-corrected chi connectivity index (χ3v) is 6.87. The van der Waals surface area contributed by atoms with Crippen molar-refractivity contribution in [3.05, 3.63) is 52.3 Å². The first-order valence-corrected chi connectivity index (χ1v) is 9.98. The number of H-pyrrole nitrogens is 1. The molecular weight excluding hydrogens is 364 g/mol. The van der Waals surface area contributed by atoms with Gasteiger partial charge in [0.1, 0.15) is 11.6 Å². The first kappa shape index (κ1) is 17.8. The van der Waals surface area contributed by atoms with Crippen molar-refractivity contribution in [2.24, 2.45) is 5.92 Å². The van der Waals surface area contributed by atoms with Gasteiger partial charge in [0.2, 0.25) is 0 Å². The fraction of sp³-hybridized carbons (Fsp3) is 0.524. The van der Waals surface area contributed by atoms with E-state index in [2.05, 4.69) is 15.5 Å². The number of amides is 1. The topological polar surface area (TPSA) is 78.0 Å². The average Bonchev–Trinajstić information content (AvgIpc) is 3.03. The summed E-state index contributed by atoms with van der Waals surface area (Å²) in [6.07, 6.45) is 5.33. The van der Waals surface area contributed by atoms with Gasteiger partial charge in [-0.1, -0.05) is 25.3 Å². The van der Waals surface area contributed by atoms with Gasteiger partial charge in [-0.05, 0) is 42.7 Å². The summed E-state index contributed by atoms with van der Waals surface area (Å²) in [6.45, 7) is -0.0669. The summed E-state index contributed by atoms with van der Waals surface area (Å²) >= 11 is 0. The predicted molar refractivity (Wildman–Crippen MR) is 98.0 cm³/mol. The summed E-state index contributed by atoms with van der Waals surface area (Å²) in [6, 6.07) is 3.73. The summed E-state index contributed by atoms with van der Waals surface area (Å²) in [7, 11) is 0. The van der Waals surface area contributed by atoms with E-state index < -0.39 is 17.2 Å². The molecule has 28 heavy (non-hydrogen) atoms. The SMILES string of the molecule is O=C(NC1(CO)CCCCC1)c1n[nH]c2c1CC1C(c3ccc(F)cc3F)C21. The Kier molecular flexibility index (Phi) is 4.05. The number of aliphatic hydroxyl groups is 1. The van der Waals surface area contributed by atoms with Gasteiger partial charge in [-0.2, -0.15) is 5.10 Å². The summed E-state index contributed by atoms with van der Waals surface area (Å²) in [5.41, 5.74) is 2.16. The lowest BCUT2D eigenvalue weighted by Crippen LogP contribution is -2.52. The van der Waals surface area contributed by atoms with Crippen LogP contribution in [-0.4, -0.2) is 33.4 Å². The molecule has 2 fully saturated rings. The number of hydrogen-bond donors (Lipinski definition) is 3. The van der Waals surface area contributed by atoms with Gasteiger partial charge in [0.25, 0.3) is 5.91 Å². The first-order chi connectivity index (χ1) is 13.5. The molecule has 3 N–H and O–H groups in total. The van der Waals surface area contributed by atoms with Crippen LogP contribution in [-0.2, 0) is 6.42 Å². The summed E-state index contributed by atoms with van der Waals surface area (Å²) in [4.78, 5) is 12.9. The maximum absolute atomic E-state index is 14.1. The lowest BCUT2D eigenvalue weighted by molar-refractivity contribution is 0.0753. The van der Waals surface area contributed by atoms with Crippen LogP contribution in [0.25, 0.3) is 0 Å². The molecule has 0 saturated heterocycles. The Morgan fingerprint density at radius 2 is 2.04 bits per heavy atom. The van der Waals surface area contributed by atoms with Crippen LogP contribution in [0, 0.1) is 17.6 Å². The molecule has 3 atom stereocenters. The molecule has 2 saturated carbocycles. The van der Waals surface area contributed by atoms with Gasteiger partial charge in [-0.15, -0.1) is 0 Å². The number of rotatable bonds is 4. The van der Waals surface area contributed by atoms with Gasteiger partial charge in [-0.25, -0.2) is 8.78 Å². The number of benzene rings is 1. The molecule has 148 valence electrons. The molecular formula is C21H23F2N3O2. The van der Waals surface area contributed by atoms with Gasteiger partial charge < -0.3 is 10.4 Å². The number of aliphatic hydroxyl groups excluding tert-OH is 1. The van der Waals surface area contributed by atoms with Crippen molar-refractivity contribution in [2.45, 2.75) is 55.9 Å². The molecule has 3 aliphatic carbocycles. The number of carbonyl (C=O) groups is 1. The van der Waals surface area contributed by atoms with E-state index in [9.17, 15) is 18.7 Å². The zero-order valence-corrected chi connectivity index (χ0v) is 15.5. The van der Waals surface area contributed by atoms with Crippen molar-refractivity contribution < 1.29 is 18.7 Å². The van der Waals surface area contributed by atoms with Gasteiger partial charge in [0.05, 0.1) is 12.1 Å². The standard InChI is InChI=1S/C21H23F2N3O2/c22-11-4-5-12(15(23)8-11)16-13-9-14-18(17(13)16)25-26-19(14)20(28)24-21(10-27)6-2-1-3-7-21/h4-5,8,13,16-17,27H,1-3,6-7,9-10H2,(H,24,28)(H,25,26). The van der Waals surface area contributed by atoms with Gasteiger partial charge in [0.15, 0.2) is 5.69 Å². The summed E-state index contributed by atoms with van der Waals surface area (Å²) < 4.78 is 27.3. The molecule has 1 heterocycles. The second kappa shape index (κ2) is 6.37. The monoisotopic (exact) mass is 387 g/mol. The Hall–Kier alpha value is -2.28. The number of nitrogens with zero attached hydrogens (tertiary/aromatic N) is 1. The quantitative estimate of drug-likeness (QED) is 0.754. The number of nitrogens with one attached hydrogen (secondary N) is 2. The number of aromatic amines is 1. The van der Waals surface area contributed by atoms with Crippen LogP contribution in [0.15, 0.2) is 18.2 Å². The van der Waals surface area contributed by atoms with Crippen LogP contribution in [0.1, 0.15) is 71.2 Å². The molecule has 0 spiro atoms. The Bertz CT molecular complexity index is 936. The lowest BCUT2D eigenvalue weighted by Gasteiger charge is -2.36. The van der Waals surface area contributed by atoms with E-state index in [0.29, 0.717) is 17.7 Å². The van der Waals surface area contributed by atoms with Gasteiger partial charge in [-0.3, -0.25) is 9.89 Å². The lowest BCUT2D eigenvalue weighted by atomic mass is 9.82. The third kappa shape index (κ3) is 2.67. The fourth-order valence-electron chi connectivity index (χ4n) is 5.35. The van der Waals surface area contributed by atoms with Crippen molar-refractivity contribution in [1.29, 1.82) is 0 Å². The normalized spacial score (nSPS) is 27.2. The molecule has 1 amide bonds. The maximum atomic E-state index is 14.1. The van der Waals surface area contributed by atoms with E-state index >= 15 is 0 Å². The van der Waals surface area contributed by atoms with Crippen molar-refractivity contribution in [3.8, 4) is 0 Å². The molecule has 5 nitrogen and oxygen atoms in total. The van der Waals surface area contributed by atoms with E-state index in [1.807, 2.05) is 0 Å². The van der Waals surface area contributed by atoms with Crippen molar-refractivity contribution >= 4 is 5.91 Å². The predicted octanol–water partition coefficient (Wildman–Crippen LogP) is 3.17. The highest BCUT2D eigenvalue weighted by molar-refractivity contribution is 5.95. The van der Waals surface area contributed by atoms with E-state index in [0.717, 1.165) is 49.4 Å². The highest BCUT2D eigenvalue weighted by Gasteiger charge is 2.59. The second-order valence-electron chi connectivity index (χ2n) is 8.50. The molecule has 2 aromatic rings. The Labute approximate surface area is 161 Å². The molecule has 3 unspecified atom stereocenters. The molecule has 1 aromatic heterocycles. The highest BCUT2D eigenvalue weighted by Crippen LogP contribution is 2.66. The Morgan fingerprint density at radius 1 is 1.25 bits per heavy atom. The molecule has 3 aliphatic rings. The zero-order valence-electron chi connectivity index (χ0n) is 15.5. The largest absolute Gasteiger partial charge is 0.394 e. The maximum Gasteiger partial charge on any atom is 0.272 e. The average molecular weight is 387 g/mol. The van der Waals surface area contributed by atoms with E-state index in [1.54, 1.807) is 0 Å². The molecule has 7 heteroatoms. The highest BCUT2D eigenvalue weighted by atomic mass is 19.1. The first-order valence-electron chi connectivity index (χ1n) is 9.98. The number of hydrogen-bond acceptors (Lipinski definition) is 3. The molecule has 1 aromatic carbocycles. The van der Waals surface area contributed by atoms with Crippen molar-refractivity contribution in [2.75, 3.05) is 6.61 Å². The van der Waals surface area contributed by atoms with E-state index in [1.165, 1.54) is 12.1 Å². The number of carbonyl (C=O) groups excluding carboxylic acids is 1. The van der Waals surface area contributed by atoms with Crippen LogP contribution in [0.4, 0.5) is 8.78 Å². The summed E-state index contributed by atoms with van der Waals surface area (Å²) in [5.74, 6) is -1.01. The van der Waals surface area contributed by atoms with Gasteiger partial charge in [0, 0.05) is 23.2 Å². The van der Waals surface area contributed by atoms with Crippen molar-refractivity contribution in [1.82, 2.24) is 15.5 Å². The van der Waals surface area contributed by atoms with Crippen LogP contribution < -0.4 is 5.32 Å². The minimum atomic E-state index is -0.575. The number of aromatic nitrogens is 2. The molecule has 0 aliphatic heterocycles. The van der Waals surface area contributed by atoms with Crippen molar-refractivity contribution in [3.63, 3.8) is 0 Å². The van der Waals surface area contributed by atoms with Crippen LogP contribution in [0.2, 0.25) is 0 Å². The Morgan fingerprint density at radius 3 is 2.75 bits per heavy atom. The molecule has 5 rings (SSSR count). The zero-order chi connectivity index (χ0) is 19.5. The number of halogens is 2. The number of fused-ring (bicyclic) bond motifs is 3. The smallest absolute Gasteiger partial charge is 0.272 e. The minimum Gasteiger partial charge on any atom is -0.394 e. The minimum absolute atomic E-state index is 0.00610. The molecule has 0 radical (unpaired) electrons. The van der Waals surface area contributed by atoms with E-state index in [4.69, 9.17) is 0 Å².